The summed E-state index contributed by atoms with van der Waals surface area (Å²) in [5, 5.41) is 0. The molecule has 1 aromatic rings. The number of ether oxygens (including phenoxy) is 1. The molecule has 19 heavy (non-hydrogen) atoms. The molecule has 0 aromatic heterocycles. The molecule has 1 aliphatic rings. The van der Waals surface area contributed by atoms with Crippen molar-refractivity contribution in [1.29, 1.82) is 0 Å². The van der Waals surface area contributed by atoms with Crippen LogP contribution in [0.2, 0.25) is 0 Å². The first-order valence-electron chi connectivity index (χ1n) is 6.39. The van der Waals surface area contributed by atoms with Gasteiger partial charge in [-0.2, -0.15) is 0 Å². The van der Waals surface area contributed by atoms with Crippen molar-refractivity contribution in [2.75, 3.05) is 13.2 Å². The molecule has 1 heterocycles. The van der Waals surface area contributed by atoms with Gasteiger partial charge in [-0.05, 0) is 37.1 Å². The summed E-state index contributed by atoms with van der Waals surface area (Å²) >= 11 is 0. The number of nitrogens with two attached hydrogens (primary N) is 1. The molecule has 5 heteroatoms. The average Bonchev–Trinajstić information content (AvgIpc) is 2.33. The van der Waals surface area contributed by atoms with Gasteiger partial charge in [-0.15, -0.1) is 0 Å². The van der Waals surface area contributed by atoms with E-state index < -0.39 is 11.9 Å². The second kappa shape index (κ2) is 5.67. The van der Waals surface area contributed by atoms with Crippen molar-refractivity contribution >= 4 is 5.91 Å². The van der Waals surface area contributed by atoms with Gasteiger partial charge in [0.05, 0.1) is 12.7 Å². The van der Waals surface area contributed by atoms with Crippen LogP contribution in [0.5, 0.6) is 0 Å². The maximum Gasteiger partial charge on any atom is 0.237 e. The largest absolute Gasteiger partial charge is 0.375 e. The Labute approximate surface area is 112 Å². The first-order chi connectivity index (χ1) is 8.99. The van der Waals surface area contributed by atoms with Crippen LogP contribution in [0.15, 0.2) is 18.2 Å². The summed E-state index contributed by atoms with van der Waals surface area (Å²) in [6, 6.07) is 4.23. The van der Waals surface area contributed by atoms with E-state index >= 15 is 0 Å². The molecule has 2 N–H and O–H groups in total. The lowest BCUT2D eigenvalue weighted by atomic mass is 10.0. The van der Waals surface area contributed by atoms with E-state index in [0.29, 0.717) is 19.7 Å². The van der Waals surface area contributed by atoms with Crippen molar-refractivity contribution in [2.24, 2.45) is 5.73 Å². The fourth-order valence-electron chi connectivity index (χ4n) is 2.50. The first-order valence-corrected chi connectivity index (χ1v) is 6.39. The van der Waals surface area contributed by atoms with Gasteiger partial charge in [0.15, 0.2) is 0 Å². The summed E-state index contributed by atoms with van der Waals surface area (Å²) in [4.78, 5) is 13.5. The monoisotopic (exact) mass is 266 g/mol. The number of morpholine rings is 1. The molecule has 2 atom stereocenters. The number of hydrogen-bond acceptors (Lipinski definition) is 3. The molecule has 1 saturated heterocycles. The molecule has 0 bridgehead atoms. The quantitative estimate of drug-likeness (QED) is 0.894. The summed E-state index contributed by atoms with van der Waals surface area (Å²) < 4.78 is 18.8. The number of aryl methyl sites for hydroxylation is 1. The van der Waals surface area contributed by atoms with Gasteiger partial charge in [0.1, 0.15) is 11.9 Å². The summed E-state index contributed by atoms with van der Waals surface area (Å²) in [6.45, 7) is 5.44. The number of halogens is 1. The summed E-state index contributed by atoms with van der Waals surface area (Å²) in [7, 11) is 0. The topological polar surface area (TPSA) is 55.6 Å². The van der Waals surface area contributed by atoms with Crippen molar-refractivity contribution in [3.63, 3.8) is 0 Å². The van der Waals surface area contributed by atoms with Crippen molar-refractivity contribution < 1.29 is 13.9 Å². The Balaban J connectivity index is 2.20. The van der Waals surface area contributed by atoms with E-state index in [1.807, 2.05) is 18.7 Å². The first kappa shape index (κ1) is 14.0. The van der Waals surface area contributed by atoms with Gasteiger partial charge >= 0.3 is 0 Å². The summed E-state index contributed by atoms with van der Waals surface area (Å²) in [5.74, 6) is -0.668. The van der Waals surface area contributed by atoms with Gasteiger partial charge in [0.2, 0.25) is 5.91 Å². The van der Waals surface area contributed by atoms with Crippen molar-refractivity contribution in [3.8, 4) is 0 Å². The lowest BCUT2D eigenvalue weighted by Gasteiger charge is -2.38. The molecular formula is C14H19FN2O2. The summed E-state index contributed by atoms with van der Waals surface area (Å²) in [6.07, 6.45) is -0.236. The Hall–Kier alpha value is -1.46. The maximum absolute atomic E-state index is 13.3. The molecule has 1 aromatic carbocycles. The zero-order valence-electron chi connectivity index (χ0n) is 11.2. The Bertz CT molecular complexity index is 479. The standard InChI is InChI=1S/C14H19FN2O2/c1-9-3-4-12(15)7-11(9)8-17-5-6-19-10(2)13(17)14(16)18/h3-4,7,10,13H,5-6,8H2,1-2H3,(H2,16,18)/t10-,13+/m1/s1. The molecule has 2 rings (SSSR count). The van der Waals surface area contributed by atoms with E-state index in [1.54, 1.807) is 6.07 Å². The predicted octanol–water partition coefficient (Wildman–Crippen LogP) is 1.21. The zero-order chi connectivity index (χ0) is 14.0. The van der Waals surface area contributed by atoms with Crippen LogP contribution >= 0.6 is 0 Å². The van der Waals surface area contributed by atoms with Gasteiger partial charge in [-0.3, -0.25) is 9.69 Å². The van der Waals surface area contributed by atoms with Gasteiger partial charge < -0.3 is 10.5 Å². The molecule has 0 spiro atoms. The normalized spacial score (nSPS) is 24.4. The number of primary amides is 1. The number of amides is 1. The van der Waals surface area contributed by atoms with E-state index in [2.05, 4.69) is 0 Å². The smallest absolute Gasteiger partial charge is 0.237 e. The van der Waals surface area contributed by atoms with Gasteiger partial charge in [0, 0.05) is 13.1 Å². The third-order valence-electron chi connectivity index (χ3n) is 3.57. The highest BCUT2D eigenvalue weighted by molar-refractivity contribution is 5.80. The number of nitrogens with zero attached hydrogens (tertiary/aromatic N) is 1. The van der Waals surface area contributed by atoms with Crippen LogP contribution < -0.4 is 5.73 Å². The predicted molar refractivity (Wildman–Crippen MR) is 69.9 cm³/mol. The van der Waals surface area contributed by atoms with E-state index in [0.717, 1.165) is 11.1 Å². The fourth-order valence-corrected chi connectivity index (χ4v) is 2.50. The highest BCUT2D eigenvalue weighted by atomic mass is 19.1. The van der Waals surface area contributed by atoms with Crippen molar-refractivity contribution in [2.45, 2.75) is 32.5 Å². The van der Waals surface area contributed by atoms with Crippen LogP contribution in [-0.4, -0.2) is 36.1 Å². The molecule has 0 radical (unpaired) electrons. The molecule has 4 nitrogen and oxygen atoms in total. The van der Waals surface area contributed by atoms with Crippen LogP contribution in [0.4, 0.5) is 4.39 Å². The lowest BCUT2D eigenvalue weighted by molar-refractivity contribution is -0.136. The number of carbonyl (C=O) groups is 1. The van der Waals surface area contributed by atoms with Crippen LogP contribution in [0.3, 0.4) is 0 Å². The Morgan fingerprint density at radius 3 is 3.00 bits per heavy atom. The molecule has 0 saturated carbocycles. The van der Waals surface area contributed by atoms with E-state index in [1.165, 1.54) is 12.1 Å². The molecule has 0 aliphatic carbocycles. The number of carbonyl (C=O) groups excluding carboxylic acids is 1. The minimum Gasteiger partial charge on any atom is -0.375 e. The Kier molecular flexibility index (Phi) is 4.17. The van der Waals surface area contributed by atoms with Gasteiger partial charge in [-0.1, -0.05) is 6.07 Å². The summed E-state index contributed by atoms with van der Waals surface area (Å²) in [5.41, 5.74) is 7.31. The molecule has 0 unspecified atom stereocenters. The van der Waals surface area contributed by atoms with Crippen molar-refractivity contribution in [1.82, 2.24) is 4.90 Å². The van der Waals surface area contributed by atoms with E-state index in [4.69, 9.17) is 10.5 Å². The van der Waals surface area contributed by atoms with Crippen LogP contribution in [0.1, 0.15) is 18.1 Å². The fraction of sp³-hybridized carbons (Fsp3) is 0.500. The highest BCUT2D eigenvalue weighted by Crippen LogP contribution is 2.19. The average molecular weight is 266 g/mol. The second-order valence-corrected chi connectivity index (χ2v) is 4.96. The van der Waals surface area contributed by atoms with Crippen LogP contribution in [0.25, 0.3) is 0 Å². The van der Waals surface area contributed by atoms with Gasteiger partial charge in [-0.25, -0.2) is 4.39 Å². The Morgan fingerprint density at radius 1 is 1.58 bits per heavy atom. The van der Waals surface area contributed by atoms with Gasteiger partial charge in [0.25, 0.3) is 0 Å². The number of benzene rings is 1. The van der Waals surface area contributed by atoms with E-state index in [9.17, 15) is 9.18 Å². The minimum atomic E-state index is -0.462. The zero-order valence-corrected chi connectivity index (χ0v) is 11.2. The lowest BCUT2D eigenvalue weighted by Crippen LogP contribution is -2.56. The third-order valence-corrected chi connectivity index (χ3v) is 3.57. The van der Waals surface area contributed by atoms with Crippen LogP contribution in [0, 0.1) is 12.7 Å². The molecule has 1 aliphatic heterocycles. The molecule has 104 valence electrons. The highest BCUT2D eigenvalue weighted by Gasteiger charge is 2.33. The number of rotatable bonds is 3. The maximum atomic E-state index is 13.3. The van der Waals surface area contributed by atoms with E-state index in [-0.39, 0.29) is 11.9 Å². The Morgan fingerprint density at radius 2 is 2.32 bits per heavy atom. The second-order valence-electron chi connectivity index (χ2n) is 4.96. The third kappa shape index (κ3) is 3.11. The molecular weight excluding hydrogens is 247 g/mol. The minimum absolute atomic E-state index is 0.236. The molecule has 1 amide bonds. The SMILES string of the molecule is Cc1ccc(F)cc1CN1CCO[C@H](C)[C@H]1C(N)=O. The van der Waals surface area contributed by atoms with Crippen molar-refractivity contribution in [3.05, 3.63) is 35.1 Å². The number of hydrogen-bond donors (Lipinski definition) is 1. The molecule has 1 fully saturated rings. The van der Waals surface area contributed by atoms with Crippen LogP contribution in [-0.2, 0) is 16.1 Å².